The van der Waals surface area contributed by atoms with E-state index in [4.69, 9.17) is 5.26 Å². The molecular formula is C19H33N5O3. The molecule has 1 aliphatic heterocycles. The lowest BCUT2D eigenvalue weighted by molar-refractivity contribution is -0.141. The predicted octanol–water partition coefficient (Wildman–Crippen LogP) is 1.52. The molecule has 3 atom stereocenters. The van der Waals surface area contributed by atoms with E-state index in [2.05, 4.69) is 16.0 Å². The van der Waals surface area contributed by atoms with Crippen LogP contribution in [-0.2, 0) is 9.59 Å². The molecule has 0 aromatic carbocycles. The van der Waals surface area contributed by atoms with Crippen LogP contribution in [-0.4, -0.2) is 53.0 Å². The van der Waals surface area contributed by atoms with E-state index < -0.39 is 35.1 Å². The molecule has 0 aromatic heterocycles. The first-order valence-electron chi connectivity index (χ1n) is 9.35. The van der Waals surface area contributed by atoms with Crippen molar-refractivity contribution >= 4 is 17.8 Å². The standard InChI is InChI=1S/C19H33N5O3/c1-12(11-20)21-15(25)13-9-8-10-24(13)16(26)14(18(2,3)4)22-17(27)23-19(5,6)7/h12-14H,8-10H2,1-7H3,(H,21,25)(H2,22,23,27). The summed E-state index contributed by atoms with van der Waals surface area (Å²) in [6.45, 7) is 13.2. The van der Waals surface area contributed by atoms with Gasteiger partial charge in [-0.15, -0.1) is 0 Å². The van der Waals surface area contributed by atoms with Crippen molar-refractivity contribution in [1.82, 2.24) is 20.9 Å². The van der Waals surface area contributed by atoms with Gasteiger partial charge in [-0.3, -0.25) is 9.59 Å². The van der Waals surface area contributed by atoms with Crippen LogP contribution in [0, 0.1) is 16.7 Å². The molecule has 0 bridgehead atoms. The highest BCUT2D eigenvalue weighted by atomic mass is 16.2. The van der Waals surface area contributed by atoms with Crippen LogP contribution in [0.2, 0.25) is 0 Å². The number of urea groups is 1. The van der Waals surface area contributed by atoms with Gasteiger partial charge >= 0.3 is 6.03 Å². The molecule has 8 nitrogen and oxygen atoms in total. The summed E-state index contributed by atoms with van der Waals surface area (Å²) in [5, 5.41) is 17.1. The van der Waals surface area contributed by atoms with Gasteiger partial charge in [0.05, 0.1) is 6.07 Å². The fourth-order valence-electron chi connectivity index (χ4n) is 2.97. The summed E-state index contributed by atoms with van der Waals surface area (Å²) in [6.07, 6.45) is 1.25. The molecule has 8 heteroatoms. The molecule has 1 aliphatic rings. The van der Waals surface area contributed by atoms with Crippen LogP contribution in [0.3, 0.4) is 0 Å². The number of nitrogens with zero attached hydrogens (tertiary/aromatic N) is 2. The number of rotatable bonds is 4. The van der Waals surface area contributed by atoms with Crippen LogP contribution in [0.15, 0.2) is 0 Å². The summed E-state index contributed by atoms with van der Waals surface area (Å²) >= 11 is 0. The lowest BCUT2D eigenvalue weighted by Crippen LogP contribution is -2.60. The maximum Gasteiger partial charge on any atom is 0.315 e. The highest BCUT2D eigenvalue weighted by molar-refractivity contribution is 5.93. The topological polar surface area (TPSA) is 114 Å². The Labute approximate surface area is 162 Å². The Hall–Kier alpha value is -2.30. The van der Waals surface area contributed by atoms with Crippen LogP contribution in [0.1, 0.15) is 61.3 Å². The van der Waals surface area contributed by atoms with Crippen molar-refractivity contribution in [2.75, 3.05) is 6.54 Å². The quantitative estimate of drug-likeness (QED) is 0.687. The first-order chi connectivity index (χ1) is 12.3. The van der Waals surface area contributed by atoms with Gasteiger partial charge in [-0.1, -0.05) is 20.8 Å². The lowest BCUT2D eigenvalue weighted by atomic mass is 9.85. The third kappa shape index (κ3) is 6.74. The van der Waals surface area contributed by atoms with Crippen molar-refractivity contribution in [3.63, 3.8) is 0 Å². The Morgan fingerprint density at radius 3 is 2.19 bits per heavy atom. The molecule has 1 heterocycles. The molecule has 0 aliphatic carbocycles. The zero-order chi connectivity index (χ0) is 21.0. The number of carbonyl (C=O) groups is 3. The van der Waals surface area contributed by atoms with Crippen LogP contribution >= 0.6 is 0 Å². The highest BCUT2D eigenvalue weighted by Crippen LogP contribution is 2.26. The number of nitrogens with one attached hydrogen (secondary N) is 3. The molecule has 0 radical (unpaired) electrons. The fraction of sp³-hybridized carbons (Fsp3) is 0.789. The van der Waals surface area contributed by atoms with Gasteiger partial charge in [0.2, 0.25) is 11.8 Å². The summed E-state index contributed by atoms with van der Waals surface area (Å²) in [4.78, 5) is 39.5. The summed E-state index contributed by atoms with van der Waals surface area (Å²) < 4.78 is 0. The van der Waals surface area contributed by atoms with Crippen LogP contribution in [0.5, 0.6) is 0 Å². The Morgan fingerprint density at radius 2 is 1.70 bits per heavy atom. The van der Waals surface area contributed by atoms with Gasteiger partial charge in [-0.2, -0.15) is 5.26 Å². The van der Waals surface area contributed by atoms with E-state index in [0.717, 1.165) is 0 Å². The van der Waals surface area contributed by atoms with E-state index in [1.165, 1.54) is 4.90 Å². The van der Waals surface area contributed by atoms with Crippen LogP contribution in [0.25, 0.3) is 0 Å². The lowest BCUT2D eigenvalue weighted by Gasteiger charge is -2.36. The van der Waals surface area contributed by atoms with Gasteiger partial charge in [0.25, 0.3) is 0 Å². The molecule has 1 fully saturated rings. The van der Waals surface area contributed by atoms with E-state index in [1.807, 2.05) is 47.6 Å². The molecule has 0 aromatic rings. The van der Waals surface area contributed by atoms with Crippen molar-refractivity contribution in [2.24, 2.45) is 5.41 Å². The number of amides is 4. The predicted molar refractivity (Wildman–Crippen MR) is 103 cm³/mol. The summed E-state index contributed by atoms with van der Waals surface area (Å²) in [6, 6.07) is -0.482. The van der Waals surface area contributed by atoms with Crippen molar-refractivity contribution < 1.29 is 14.4 Å². The third-order valence-electron chi connectivity index (χ3n) is 4.27. The molecule has 3 unspecified atom stereocenters. The second kappa shape index (κ2) is 8.59. The van der Waals surface area contributed by atoms with E-state index in [1.54, 1.807) is 6.92 Å². The number of nitriles is 1. The smallest absolute Gasteiger partial charge is 0.315 e. The highest BCUT2D eigenvalue weighted by Gasteiger charge is 2.42. The Bertz CT molecular complexity index is 612. The summed E-state index contributed by atoms with van der Waals surface area (Å²) in [5.74, 6) is -0.615. The number of carbonyl (C=O) groups excluding carboxylic acids is 3. The first kappa shape index (κ1) is 22.7. The molecule has 4 amide bonds. The second-order valence-corrected chi connectivity index (χ2v) is 9.20. The molecule has 27 heavy (non-hydrogen) atoms. The SMILES string of the molecule is CC(C#N)NC(=O)C1CCCN1C(=O)C(NC(=O)NC(C)(C)C)C(C)(C)C. The molecule has 3 N–H and O–H groups in total. The normalized spacial score (nSPS) is 19.6. The second-order valence-electron chi connectivity index (χ2n) is 9.20. The molecular weight excluding hydrogens is 346 g/mol. The monoisotopic (exact) mass is 379 g/mol. The molecule has 152 valence electrons. The largest absolute Gasteiger partial charge is 0.339 e. The molecule has 1 saturated heterocycles. The van der Waals surface area contributed by atoms with E-state index >= 15 is 0 Å². The van der Waals surface area contributed by atoms with Crippen LogP contribution < -0.4 is 16.0 Å². The fourth-order valence-corrected chi connectivity index (χ4v) is 2.97. The average Bonchev–Trinajstić information content (AvgIpc) is 2.98. The number of likely N-dealkylation sites (tertiary alicyclic amines) is 1. The minimum absolute atomic E-state index is 0.284. The van der Waals surface area contributed by atoms with E-state index in [9.17, 15) is 14.4 Å². The van der Waals surface area contributed by atoms with E-state index in [-0.39, 0.29) is 11.8 Å². The maximum absolute atomic E-state index is 13.2. The molecule has 1 rings (SSSR count). The van der Waals surface area contributed by atoms with Gasteiger partial charge in [-0.25, -0.2) is 4.79 Å². The van der Waals surface area contributed by atoms with Crippen molar-refractivity contribution in [1.29, 1.82) is 5.26 Å². The zero-order valence-electron chi connectivity index (χ0n) is 17.5. The number of hydrogen-bond acceptors (Lipinski definition) is 4. The van der Waals surface area contributed by atoms with Crippen molar-refractivity contribution in [3.8, 4) is 6.07 Å². The van der Waals surface area contributed by atoms with Gasteiger partial charge in [0, 0.05) is 12.1 Å². The average molecular weight is 380 g/mol. The molecule has 0 saturated carbocycles. The van der Waals surface area contributed by atoms with Crippen LogP contribution in [0.4, 0.5) is 4.79 Å². The third-order valence-corrected chi connectivity index (χ3v) is 4.27. The van der Waals surface area contributed by atoms with Crippen molar-refractivity contribution in [2.45, 2.75) is 85.0 Å². The zero-order valence-corrected chi connectivity index (χ0v) is 17.5. The first-order valence-corrected chi connectivity index (χ1v) is 9.35. The maximum atomic E-state index is 13.2. The summed E-state index contributed by atoms with van der Waals surface area (Å²) in [7, 11) is 0. The van der Waals surface area contributed by atoms with Crippen molar-refractivity contribution in [3.05, 3.63) is 0 Å². The van der Waals surface area contributed by atoms with Gasteiger partial charge in [0.15, 0.2) is 0 Å². The number of hydrogen-bond donors (Lipinski definition) is 3. The minimum atomic E-state index is -0.776. The Balaban J connectivity index is 2.96. The Kier molecular flexibility index (Phi) is 7.24. The van der Waals surface area contributed by atoms with Gasteiger partial charge in [0.1, 0.15) is 18.1 Å². The van der Waals surface area contributed by atoms with Gasteiger partial charge < -0.3 is 20.9 Å². The Morgan fingerprint density at radius 1 is 1.11 bits per heavy atom. The molecule has 0 spiro atoms. The van der Waals surface area contributed by atoms with E-state index in [0.29, 0.717) is 19.4 Å². The summed E-state index contributed by atoms with van der Waals surface area (Å²) in [5.41, 5.74) is -0.963. The minimum Gasteiger partial charge on any atom is -0.339 e. The van der Waals surface area contributed by atoms with Gasteiger partial charge in [-0.05, 0) is 46.0 Å².